The molecule has 0 spiro atoms. The Labute approximate surface area is 105 Å². The van der Waals surface area contributed by atoms with Gasteiger partial charge in [0.25, 0.3) is 0 Å². The zero-order valence-corrected chi connectivity index (χ0v) is 8.48. The minimum Gasteiger partial charge on any atom is 0 e. The molecule has 0 heterocycles. The van der Waals surface area contributed by atoms with Gasteiger partial charge in [-0.2, -0.15) is 0 Å². The molecule has 0 nitrogen and oxygen atoms in total. The van der Waals surface area contributed by atoms with Crippen LogP contribution in [-0.2, 0) is 81.3 Å². The average Bonchev–Trinajstić information content (AvgIpc) is 0. The number of hydrogen-bond donors (Lipinski definition) is 0. The van der Waals surface area contributed by atoms with Gasteiger partial charge in [0.1, 0.15) is 0 Å². The minimum atomic E-state index is 0. The second-order valence-corrected chi connectivity index (χ2v) is 0. The largest absolute Gasteiger partial charge is 0 e. The Balaban J connectivity index is 0. The Morgan fingerprint density at radius 3 is 0.800 bits per heavy atom. The van der Waals surface area contributed by atoms with E-state index in [0.29, 0.717) is 0 Å². The van der Waals surface area contributed by atoms with E-state index in [-0.39, 0.29) is 107 Å². The molecule has 0 amide bonds. The summed E-state index contributed by atoms with van der Waals surface area (Å²) >= 11 is 0. The summed E-state index contributed by atoms with van der Waals surface area (Å²) in [5.41, 5.74) is 0. The molecule has 0 bridgehead atoms. The van der Waals surface area contributed by atoms with Crippen molar-refractivity contribution in [1.82, 2.24) is 0 Å². The minimum absolute atomic E-state index is 0. The summed E-state index contributed by atoms with van der Waals surface area (Å²) in [4.78, 5) is 0. The predicted molar refractivity (Wildman–Crippen MR) is 9.94 cm³/mol. The van der Waals surface area contributed by atoms with Crippen LogP contribution in [-0.4, -0.2) is 25.8 Å². The number of rotatable bonds is 0. The van der Waals surface area contributed by atoms with E-state index < -0.39 is 0 Å². The van der Waals surface area contributed by atoms with Gasteiger partial charge in [0, 0.05) is 81.3 Å². The fourth-order valence-electron chi connectivity index (χ4n) is 0. The summed E-state index contributed by atoms with van der Waals surface area (Å²) in [5, 5.41) is 0. The van der Waals surface area contributed by atoms with Crippen LogP contribution < -0.4 is 0 Å². The van der Waals surface area contributed by atoms with Gasteiger partial charge in [-0.05, 0) is 0 Å². The van der Waals surface area contributed by atoms with Crippen molar-refractivity contribution in [3.8, 4) is 0 Å². The van der Waals surface area contributed by atoms with Crippen LogP contribution in [0.2, 0.25) is 0 Å². The summed E-state index contributed by atoms with van der Waals surface area (Å²) in [6.07, 6.45) is 0. The molecule has 0 aromatic rings. The molecule has 0 aliphatic heterocycles. The first-order valence-corrected chi connectivity index (χ1v) is 0. The Morgan fingerprint density at radius 2 is 0.800 bits per heavy atom. The zero-order valence-electron chi connectivity index (χ0n) is 1.61. The van der Waals surface area contributed by atoms with Crippen LogP contribution in [0.3, 0.4) is 0 Å². The van der Waals surface area contributed by atoms with Gasteiger partial charge in [-0.1, -0.05) is 0 Å². The normalized spacial score (nSPS) is 0. The van der Waals surface area contributed by atoms with Gasteiger partial charge in [-0.25, -0.2) is 0 Å². The van der Waals surface area contributed by atoms with Crippen LogP contribution in [0.25, 0.3) is 0 Å². The molecule has 41 valence electrons. The summed E-state index contributed by atoms with van der Waals surface area (Å²) in [5.74, 6) is 0. The van der Waals surface area contributed by atoms with Crippen LogP contribution >= 0.6 is 0 Å². The molecule has 5 heavy (non-hydrogen) atoms. The predicted octanol–water partition coefficient (Wildman–Crippen LogP) is -1.19. The summed E-state index contributed by atoms with van der Waals surface area (Å²) in [7, 11) is 0. The number of hydrogen-bond acceptors (Lipinski definition) is 0. The van der Waals surface area contributed by atoms with Crippen molar-refractivity contribution in [2.75, 3.05) is 0 Å². The van der Waals surface area contributed by atoms with Crippen molar-refractivity contribution < 1.29 is 81.3 Å². The Morgan fingerprint density at radius 1 is 0.800 bits per heavy atom. The average molecular weight is 463 g/mol. The van der Waals surface area contributed by atoms with E-state index in [1.54, 1.807) is 0 Å². The Hall–Kier alpha value is 3.49. The molecule has 0 saturated carbocycles. The molecule has 0 atom stereocenters. The van der Waals surface area contributed by atoms with E-state index >= 15 is 0 Å². The second-order valence-electron chi connectivity index (χ2n) is 0. The van der Waals surface area contributed by atoms with E-state index in [4.69, 9.17) is 0 Å². The molecular weight excluding hydrogens is 459 g/mol. The molecule has 0 fully saturated rings. The Kier molecular flexibility index (Phi) is 202. The fraction of sp³-hybridized carbons (Fsp3) is 0. The first-order chi connectivity index (χ1) is 0. The van der Waals surface area contributed by atoms with Crippen LogP contribution in [0.4, 0.5) is 0 Å². The molecule has 0 aliphatic carbocycles. The third-order valence-electron chi connectivity index (χ3n) is 0. The quantitative estimate of drug-likeness (QED) is 0.397. The van der Waals surface area contributed by atoms with Crippen molar-refractivity contribution in [3.63, 3.8) is 0 Å². The van der Waals surface area contributed by atoms with Crippen LogP contribution in [0.5, 0.6) is 0 Å². The van der Waals surface area contributed by atoms with Crippen molar-refractivity contribution in [2.45, 2.75) is 0 Å². The van der Waals surface area contributed by atoms with Crippen LogP contribution in [0, 0.1) is 0 Å². The molecule has 5 heteroatoms. The molecule has 0 aromatic carbocycles. The summed E-state index contributed by atoms with van der Waals surface area (Å²) in [6, 6.07) is 0. The van der Waals surface area contributed by atoms with Gasteiger partial charge < -0.3 is 0 Å². The standard InChI is InChI=1S/2Ag.Cu.In.Zn.3H. The second kappa shape index (κ2) is 25.9. The van der Waals surface area contributed by atoms with Crippen molar-refractivity contribution >= 4 is 25.8 Å². The maximum absolute atomic E-state index is 0. The van der Waals surface area contributed by atoms with Gasteiger partial charge in [-0.15, -0.1) is 0 Å². The van der Waals surface area contributed by atoms with E-state index in [1.807, 2.05) is 0 Å². The molecule has 3 radical (unpaired) electrons. The van der Waals surface area contributed by atoms with Crippen molar-refractivity contribution in [2.24, 2.45) is 0 Å². The van der Waals surface area contributed by atoms with E-state index in [2.05, 4.69) is 0 Å². The molecular formula is H3Ag2CuInZn. The molecule has 0 saturated heterocycles. The SMILES string of the molecule is [Ag].[Ag].[Cu].[InH3].[Zn]. The van der Waals surface area contributed by atoms with Gasteiger partial charge in [0.15, 0.2) is 0 Å². The molecule has 0 aliphatic rings. The summed E-state index contributed by atoms with van der Waals surface area (Å²) < 4.78 is 0. The van der Waals surface area contributed by atoms with E-state index in [0.717, 1.165) is 0 Å². The maximum Gasteiger partial charge on any atom is 0 e. The third kappa shape index (κ3) is 18.5. The maximum atomic E-state index is 0. The van der Waals surface area contributed by atoms with Crippen LogP contribution in [0.1, 0.15) is 0 Å². The molecule has 0 N–H and O–H groups in total. The van der Waals surface area contributed by atoms with E-state index in [9.17, 15) is 0 Å². The van der Waals surface area contributed by atoms with Crippen molar-refractivity contribution in [1.29, 1.82) is 0 Å². The van der Waals surface area contributed by atoms with Crippen molar-refractivity contribution in [3.05, 3.63) is 0 Å². The van der Waals surface area contributed by atoms with Gasteiger partial charge in [0.2, 0.25) is 0 Å². The van der Waals surface area contributed by atoms with Gasteiger partial charge in [0.05, 0.1) is 0 Å². The Bertz CT molecular complexity index is 9.61. The first-order valence-electron chi connectivity index (χ1n) is 0. The topological polar surface area (TPSA) is 0 Å². The van der Waals surface area contributed by atoms with E-state index in [1.165, 1.54) is 0 Å². The third-order valence-corrected chi connectivity index (χ3v) is 0. The van der Waals surface area contributed by atoms with Gasteiger partial charge >= 0.3 is 25.8 Å². The fourth-order valence-corrected chi connectivity index (χ4v) is 0. The smallest absolute Gasteiger partial charge is 0 e. The molecule has 0 rings (SSSR count). The summed E-state index contributed by atoms with van der Waals surface area (Å²) in [6.45, 7) is 0. The molecule has 0 unspecified atom stereocenters. The van der Waals surface area contributed by atoms with Gasteiger partial charge in [-0.3, -0.25) is 0 Å². The first kappa shape index (κ1) is 39.1. The van der Waals surface area contributed by atoms with Crippen LogP contribution in [0.15, 0.2) is 0 Å². The zero-order chi connectivity index (χ0) is 0. The molecule has 0 aromatic heterocycles. The monoisotopic (exact) mass is 459 g/mol.